The molecule has 2 aromatic rings. The third kappa shape index (κ3) is 6.12. The summed E-state index contributed by atoms with van der Waals surface area (Å²) in [4.78, 5) is 11.4. The van der Waals surface area contributed by atoms with E-state index in [1.807, 2.05) is 48.5 Å². The molecular formula is C20H24O5. The van der Waals surface area contributed by atoms with Gasteiger partial charge in [0.2, 0.25) is 0 Å². The summed E-state index contributed by atoms with van der Waals surface area (Å²) in [5.74, 6) is 1.07. The molecule has 134 valence electrons. The molecule has 5 heteroatoms. The molecule has 0 radical (unpaired) electrons. The van der Waals surface area contributed by atoms with Crippen molar-refractivity contribution in [3.63, 3.8) is 0 Å². The summed E-state index contributed by atoms with van der Waals surface area (Å²) in [6, 6.07) is 15.4. The number of benzene rings is 2. The summed E-state index contributed by atoms with van der Waals surface area (Å²) in [6.07, 6.45) is 0.116. The minimum Gasteiger partial charge on any atom is -0.497 e. The fourth-order valence-corrected chi connectivity index (χ4v) is 2.52. The normalized spacial score (nSPS) is 11.6. The molecule has 0 fully saturated rings. The number of rotatable bonds is 9. The first-order chi connectivity index (χ1) is 12.1. The molecule has 0 N–H and O–H groups in total. The Bertz CT molecular complexity index is 669. The first-order valence-corrected chi connectivity index (χ1v) is 8.12. The summed E-state index contributed by atoms with van der Waals surface area (Å²) >= 11 is 0. The summed E-state index contributed by atoms with van der Waals surface area (Å²) in [6.45, 7) is 2.18. The Morgan fingerprint density at radius 3 is 2.44 bits per heavy atom. The van der Waals surface area contributed by atoms with E-state index in [4.69, 9.17) is 18.9 Å². The third-order valence-electron chi connectivity index (χ3n) is 3.69. The molecule has 2 rings (SSSR count). The average Bonchev–Trinajstić information content (AvgIpc) is 2.62. The molecule has 0 amide bonds. The van der Waals surface area contributed by atoms with Gasteiger partial charge in [0, 0.05) is 19.4 Å². The van der Waals surface area contributed by atoms with Crippen molar-refractivity contribution >= 4 is 5.97 Å². The SMILES string of the molecule is COc1ccc(C[C@@H](COCc2ccccc2)OC(C)=O)c(OC)c1. The van der Waals surface area contributed by atoms with E-state index in [1.54, 1.807) is 14.2 Å². The molecule has 0 aliphatic carbocycles. The Balaban J connectivity index is 2.00. The topological polar surface area (TPSA) is 54.0 Å². The fraction of sp³-hybridized carbons (Fsp3) is 0.350. The van der Waals surface area contributed by atoms with Crippen LogP contribution in [-0.4, -0.2) is 32.9 Å². The van der Waals surface area contributed by atoms with Crippen LogP contribution in [0, 0.1) is 0 Å². The van der Waals surface area contributed by atoms with E-state index in [0.29, 0.717) is 31.1 Å². The van der Waals surface area contributed by atoms with Gasteiger partial charge in [-0.15, -0.1) is 0 Å². The van der Waals surface area contributed by atoms with Crippen molar-refractivity contribution in [1.29, 1.82) is 0 Å². The van der Waals surface area contributed by atoms with E-state index < -0.39 is 0 Å². The Morgan fingerprint density at radius 1 is 1.04 bits per heavy atom. The number of hydrogen-bond acceptors (Lipinski definition) is 5. The highest BCUT2D eigenvalue weighted by molar-refractivity contribution is 5.66. The lowest BCUT2D eigenvalue weighted by Gasteiger charge is -2.19. The van der Waals surface area contributed by atoms with Crippen molar-refractivity contribution in [3.05, 3.63) is 59.7 Å². The van der Waals surface area contributed by atoms with Crippen LogP contribution in [-0.2, 0) is 27.3 Å². The lowest BCUT2D eigenvalue weighted by atomic mass is 10.1. The number of carbonyl (C=O) groups excluding carboxylic acids is 1. The Hall–Kier alpha value is -2.53. The lowest BCUT2D eigenvalue weighted by Crippen LogP contribution is -2.25. The Kier molecular flexibility index (Phi) is 7.29. The van der Waals surface area contributed by atoms with Crippen molar-refractivity contribution in [2.45, 2.75) is 26.1 Å². The summed E-state index contributed by atoms with van der Waals surface area (Å²) in [5, 5.41) is 0. The lowest BCUT2D eigenvalue weighted by molar-refractivity contribution is -0.149. The minimum absolute atomic E-state index is 0.309. The highest BCUT2D eigenvalue weighted by atomic mass is 16.6. The first-order valence-electron chi connectivity index (χ1n) is 8.12. The molecule has 25 heavy (non-hydrogen) atoms. The summed E-state index contributed by atoms with van der Waals surface area (Å²) in [7, 11) is 3.21. The quantitative estimate of drug-likeness (QED) is 0.653. The molecule has 0 saturated heterocycles. The van der Waals surface area contributed by atoms with E-state index in [1.165, 1.54) is 6.92 Å². The van der Waals surface area contributed by atoms with Crippen LogP contribution in [0.3, 0.4) is 0 Å². The standard InChI is InChI=1S/C20H24O5/c1-15(21)25-19(14-24-13-16-7-5-4-6-8-16)11-17-9-10-18(22-2)12-20(17)23-3/h4-10,12,19H,11,13-14H2,1-3H3/t19-/m0/s1. The van der Waals surface area contributed by atoms with Crippen LogP contribution >= 0.6 is 0 Å². The van der Waals surface area contributed by atoms with Gasteiger partial charge in [-0.05, 0) is 17.2 Å². The fourth-order valence-electron chi connectivity index (χ4n) is 2.52. The van der Waals surface area contributed by atoms with Crippen LogP contribution in [0.25, 0.3) is 0 Å². The van der Waals surface area contributed by atoms with Gasteiger partial charge >= 0.3 is 5.97 Å². The van der Waals surface area contributed by atoms with Gasteiger partial charge in [-0.2, -0.15) is 0 Å². The maximum absolute atomic E-state index is 11.4. The van der Waals surface area contributed by atoms with E-state index in [0.717, 1.165) is 11.1 Å². The summed E-state index contributed by atoms with van der Waals surface area (Å²) < 4.78 is 21.7. The second-order valence-electron chi connectivity index (χ2n) is 5.61. The second-order valence-corrected chi connectivity index (χ2v) is 5.61. The molecule has 0 aliphatic rings. The van der Waals surface area contributed by atoms with Crippen molar-refractivity contribution < 1.29 is 23.7 Å². The van der Waals surface area contributed by atoms with E-state index in [-0.39, 0.29) is 12.1 Å². The van der Waals surface area contributed by atoms with Crippen molar-refractivity contribution in [2.75, 3.05) is 20.8 Å². The zero-order valence-electron chi connectivity index (χ0n) is 14.9. The predicted octanol–water partition coefficient (Wildman–Crippen LogP) is 3.39. The Labute approximate surface area is 148 Å². The van der Waals surface area contributed by atoms with E-state index in [9.17, 15) is 4.79 Å². The van der Waals surface area contributed by atoms with Crippen molar-refractivity contribution in [1.82, 2.24) is 0 Å². The van der Waals surface area contributed by atoms with Gasteiger partial charge in [-0.3, -0.25) is 4.79 Å². The van der Waals surface area contributed by atoms with Crippen LogP contribution < -0.4 is 9.47 Å². The second kappa shape index (κ2) is 9.69. The van der Waals surface area contributed by atoms with Crippen LogP contribution in [0.4, 0.5) is 0 Å². The average molecular weight is 344 g/mol. The molecule has 1 atom stereocenters. The number of methoxy groups -OCH3 is 2. The van der Waals surface area contributed by atoms with E-state index >= 15 is 0 Å². The number of hydrogen-bond donors (Lipinski definition) is 0. The van der Waals surface area contributed by atoms with Gasteiger partial charge in [0.15, 0.2) is 0 Å². The monoisotopic (exact) mass is 344 g/mol. The molecule has 0 saturated carbocycles. The highest BCUT2D eigenvalue weighted by Gasteiger charge is 2.17. The maximum Gasteiger partial charge on any atom is 0.302 e. The minimum atomic E-state index is -0.386. The molecule has 0 heterocycles. The van der Waals surface area contributed by atoms with Crippen LogP contribution in [0.5, 0.6) is 11.5 Å². The van der Waals surface area contributed by atoms with Crippen LogP contribution in [0.15, 0.2) is 48.5 Å². The molecule has 0 bridgehead atoms. The summed E-state index contributed by atoms with van der Waals surface area (Å²) in [5.41, 5.74) is 2.00. The van der Waals surface area contributed by atoms with Crippen molar-refractivity contribution in [2.24, 2.45) is 0 Å². The molecule has 0 spiro atoms. The molecule has 0 unspecified atom stereocenters. The molecule has 0 aromatic heterocycles. The van der Waals surface area contributed by atoms with Gasteiger partial charge in [-0.25, -0.2) is 0 Å². The number of carbonyl (C=O) groups is 1. The number of ether oxygens (including phenoxy) is 4. The van der Waals surface area contributed by atoms with Crippen LogP contribution in [0.1, 0.15) is 18.1 Å². The molecule has 2 aromatic carbocycles. The van der Waals surface area contributed by atoms with Gasteiger partial charge < -0.3 is 18.9 Å². The van der Waals surface area contributed by atoms with E-state index in [2.05, 4.69) is 0 Å². The smallest absolute Gasteiger partial charge is 0.302 e. The van der Waals surface area contributed by atoms with Gasteiger partial charge in [0.25, 0.3) is 0 Å². The molecule has 0 aliphatic heterocycles. The maximum atomic E-state index is 11.4. The van der Waals surface area contributed by atoms with Gasteiger partial charge in [0.1, 0.15) is 17.6 Å². The van der Waals surface area contributed by atoms with Crippen LogP contribution in [0.2, 0.25) is 0 Å². The third-order valence-corrected chi connectivity index (χ3v) is 3.69. The predicted molar refractivity (Wildman–Crippen MR) is 94.9 cm³/mol. The largest absolute Gasteiger partial charge is 0.497 e. The van der Waals surface area contributed by atoms with Gasteiger partial charge in [0.05, 0.1) is 27.4 Å². The zero-order valence-corrected chi connectivity index (χ0v) is 14.9. The number of esters is 1. The van der Waals surface area contributed by atoms with Gasteiger partial charge in [-0.1, -0.05) is 36.4 Å². The first kappa shape index (κ1) is 18.8. The molecular weight excluding hydrogens is 320 g/mol. The Morgan fingerprint density at radius 2 is 1.80 bits per heavy atom. The highest BCUT2D eigenvalue weighted by Crippen LogP contribution is 2.26. The van der Waals surface area contributed by atoms with Crippen molar-refractivity contribution in [3.8, 4) is 11.5 Å². The molecule has 5 nitrogen and oxygen atoms in total. The zero-order chi connectivity index (χ0) is 18.1.